The van der Waals surface area contributed by atoms with Crippen LogP contribution >= 0.6 is 0 Å². The second-order valence-corrected chi connectivity index (χ2v) is 20.3. The van der Waals surface area contributed by atoms with Crippen LogP contribution in [0, 0.1) is 74.9 Å². The minimum Gasteiger partial charge on any atom is -0.498 e. The average Bonchev–Trinajstić information content (AvgIpc) is 3.42. The van der Waals surface area contributed by atoms with Crippen LogP contribution in [0.3, 0.4) is 0 Å². The first-order valence-corrected chi connectivity index (χ1v) is 21.6. The Labute approximate surface area is 310 Å². The maximum Gasteiger partial charge on any atom is 0.120 e. The monoisotopic (exact) mass is 698 g/mol. The number of fused-ring (bicyclic) bond motifs is 10. The third kappa shape index (κ3) is 5.13. The first kappa shape index (κ1) is 36.3. The van der Waals surface area contributed by atoms with Gasteiger partial charge in [-0.25, -0.2) is 0 Å². The van der Waals surface area contributed by atoms with Crippen LogP contribution in [0.4, 0.5) is 0 Å². The highest BCUT2D eigenvalue weighted by molar-refractivity contribution is 5.51. The lowest BCUT2D eigenvalue weighted by Crippen LogP contribution is -2.68. The summed E-state index contributed by atoms with van der Waals surface area (Å²) in [5.74, 6) is 6.33. The molecule has 5 fully saturated rings. The fourth-order valence-corrected chi connectivity index (χ4v) is 16.3. The molecule has 0 amide bonds. The summed E-state index contributed by atoms with van der Waals surface area (Å²) in [4.78, 5) is 12.5. The number of allylic oxidation sites excluding steroid dienone is 6. The van der Waals surface area contributed by atoms with E-state index in [1.807, 2.05) is 0 Å². The minimum atomic E-state index is -0.172. The summed E-state index contributed by atoms with van der Waals surface area (Å²) in [6.07, 6.45) is 25.6. The fraction of sp³-hybridized carbons (Fsp3) is 0.809. The van der Waals surface area contributed by atoms with E-state index in [9.17, 15) is 4.79 Å². The van der Waals surface area contributed by atoms with Crippen LogP contribution in [0.25, 0.3) is 0 Å². The van der Waals surface area contributed by atoms with Crippen molar-refractivity contribution in [3.8, 4) is 0 Å². The molecular weight excluding hydrogens is 627 g/mol. The number of rotatable bonds is 9. The van der Waals surface area contributed by atoms with Gasteiger partial charge in [-0.2, -0.15) is 0 Å². The van der Waals surface area contributed by atoms with Gasteiger partial charge in [-0.15, -0.1) is 0 Å². The van der Waals surface area contributed by atoms with E-state index in [1.54, 1.807) is 5.57 Å². The molecule has 0 radical (unpaired) electrons. The second kappa shape index (κ2) is 12.7. The smallest absolute Gasteiger partial charge is 0.120 e. The Kier molecular flexibility index (Phi) is 9.05. The lowest BCUT2D eigenvalue weighted by molar-refractivity contribution is -0.223. The van der Waals surface area contributed by atoms with Crippen molar-refractivity contribution in [3.63, 3.8) is 0 Å². The van der Waals surface area contributed by atoms with Crippen LogP contribution in [0.1, 0.15) is 138 Å². The van der Waals surface area contributed by atoms with Gasteiger partial charge in [0, 0.05) is 24.5 Å². The maximum atomic E-state index is 12.5. The molecule has 0 spiro atoms. The van der Waals surface area contributed by atoms with Crippen LogP contribution < -0.4 is 5.73 Å². The molecule has 0 aromatic carbocycles. The van der Waals surface area contributed by atoms with Crippen molar-refractivity contribution in [1.82, 2.24) is 0 Å². The number of carbonyl (C=O) groups is 1. The first-order valence-electron chi connectivity index (χ1n) is 21.6. The van der Waals surface area contributed by atoms with Crippen LogP contribution in [-0.2, 0) is 14.3 Å². The van der Waals surface area contributed by atoms with Gasteiger partial charge in [0.15, 0.2) is 0 Å². The summed E-state index contributed by atoms with van der Waals surface area (Å²) in [7, 11) is 0. The number of carbonyl (C=O) groups excluding carboxylic acids is 1. The van der Waals surface area contributed by atoms with Gasteiger partial charge in [0.25, 0.3) is 0 Å². The van der Waals surface area contributed by atoms with Crippen molar-refractivity contribution < 1.29 is 14.3 Å². The molecule has 2 N–H and O–H groups in total. The summed E-state index contributed by atoms with van der Waals surface area (Å²) in [5, 5.41) is 0. The van der Waals surface area contributed by atoms with Crippen LogP contribution in [0.2, 0.25) is 0 Å². The largest absolute Gasteiger partial charge is 0.498 e. The van der Waals surface area contributed by atoms with E-state index >= 15 is 0 Å². The van der Waals surface area contributed by atoms with Crippen molar-refractivity contribution in [2.75, 3.05) is 13.2 Å². The molecule has 4 heteroatoms. The molecular formula is C47H71NO3. The van der Waals surface area contributed by atoms with Gasteiger partial charge in [0.05, 0.1) is 18.5 Å². The summed E-state index contributed by atoms with van der Waals surface area (Å²) in [6, 6.07) is 0. The Morgan fingerprint density at radius 3 is 2.47 bits per heavy atom. The SMILES string of the molecule is C=C1C=C2CCC3C(CCC4(C)C(CC=O)C(C5CC6(C)C(=CCC7(N)C6CCC6(C)C(CC(C)OCC)CCC67)C=C5OCC)C34)C2(C)CC1. The molecule has 8 aliphatic carbocycles. The number of hydrogen-bond acceptors (Lipinski definition) is 4. The number of nitrogens with two attached hydrogens (primary N) is 1. The van der Waals surface area contributed by atoms with Gasteiger partial charge < -0.3 is 20.0 Å². The van der Waals surface area contributed by atoms with Crippen LogP contribution in [-0.4, -0.2) is 31.1 Å². The number of aldehydes is 1. The van der Waals surface area contributed by atoms with Gasteiger partial charge in [-0.3, -0.25) is 0 Å². The van der Waals surface area contributed by atoms with Gasteiger partial charge in [0.1, 0.15) is 6.29 Å². The van der Waals surface area contributed by atoms with Crippen molar-refractivity contribution >= 4 is 6.29 Å². The molecule has 0 aromatic heterocycles. The molecule has 8 rings (SSSR count). The van der Waals surface area contributed by atoms with Gasteiger partial charge in [-0.05, 0) is 185 Å². The van der Waals surface area contributed by atoms with E-state index in [-0.39, 0.29) is 21.8 Å². The summed E-state index contributed by atoms with van der Waals surface area (Å²) < 4.78 is 12.8. The van der Waals surface area contributed by atoms with Crippen molar-refractivity contribution in [2.24, 2.45) is 80.7 Å². The van der Waals surface area contributed by atoms with E-state index in [2.05, 4.69) is 73.3 Å². The molecule has 8 aliphatic rings. The molecule has 0 aliphatic heterocycles. The lowest BCUT2D eigenvalue weighted by atomic mass is 9.32. The van der Waals surface area contributed by atoms with Gasteiger partial charge >= 0.3 is 0 Å². The Bertz CT molecular complexity index is 1510. The third-order valence-corrected chi connectivity index (χ3v) is 18.5. The quantitative estimate of drug-likeness (QED) is 0.244. The van der Waals surface area contributed by atoms with Crippen LogP contribution in [0.5, 0.6) is 0 Å². The molecule has 282 valence electrons. The molecule has 15 unspecified atom stereocenters. The molecule has 0 heterocycles. The maximum absolute atomic E-state index is 12.5. The first-order chi connectivity index (χ1) is 24.3. The second-order valence-electron chi connectivity index (χ2n) is 20.3. The predicted octanol–water partition coefficient (Wildman–Crippen LogP) is 10.8. The Hall–Kier alpha value is -1.65. The average molecular weight is 698 g/mol. The van der Waals surface area contributed by atoms with Crippen molar-refractivity contribution in [3.05, 3.63) is 47.3 Å². The van der Waals surface area contributed by atoms with Gasteiger partial charge in [0.2, 0.25) is 0 Å². The predicted molar refractivity (Wildman–Crippen MR) is 208 cm³/mol. The van der Waals surface area contributed by atoms with Crippen LogP contribution in [0.15, 0.2) is 47.3 Å². The molecule has 0 aromatic rings. The molecule has 4 nitrogen and oxygen atoms in total. The lowest BCUT2D eigenvalue weighted by Gasteiger charge is -2.72. The van der Waals surface area contributed by atoms with E-state index in [0.29, 0.717) is 66.0 Å². The topological polar surface area (TPSA) is 61.6 Å². The third-order valence-electron chi connectivity index (χ3n) is 18.5. The zero-order chi connectivity index (χ0) is 36.1. The normalized spacial score (nSPS) is 50.4. The van der Waals surface area contributed by atoms with Crippen molar-refractivity contribution in [1.29, 1.82) is 0 Å². The molecule has 5 saturated carbocycles. The van der Waals surface area contributed by atoms with Crippen molar-refractivity contribution in [2.45, 2.75) is 150 Å². The van der Waals surface area contributed by atoms with E-state index in [0.717, 1.165) is 44.1 Å². The highest BCUT2D eigenvalue weighted by Gasteiger charge is 2.70. The van der Waals surface area contributed by atoms with E-state index in [1.165, 1.54) is 81.0 Å². The number of ether oxygens (including phenoxy) is 2. The van der Waals surface area contributed by atoms with Gasteiger partial charge in [-0.1, -0.05) is 57.6 Å². The number of hydrogen-bond donors (Lipinski definition) is 1. The standard InChI is InChI=1S/C47H71NO3/c1-9-50-30(4)26-32-12-14-39-44(32,6)22-18-40-46(8)28-35(38(51-10-2)27-33(46)16-23-47(39,40)48)41-37(19-24-49)45(7)21-17-36-34(42(41)45)13-11-31-25-29(3)15-20-43(31,36)5/h16,24-25,27,30,32,34-37,39-42H,3,9-15,17-23,26,28,48H2,1-2,4-8H3. The summed E-state index contributed by atoms with van der Waals surface area (Å²) in [5.41, 5.74) is 13.1. The minimum absolute atomic E-state index is 0.0280. The molecule has 0 bridgehead atoms. The highest BCUT2D eigenvalue weighted by Crippen LogP contribution is 2.75. The molecule has 15 atom stereocenters. The summed E-state index contributed by atoms with van der Waals surface area (Å²) >= 11 is 0. The fourth-order valence-electron chi connectivity index (χ4n) is 16.3. The summed E-state index contributed by atoms with van der Waals surface area (Å²) in [6.45, 7) is 22.8. The van der Waals surface area contributed by atoms with E-state index in [4.69, 9.17) is 15.2 Å². The Morgan fingerprint density at radius 2 is 1.73 bits per heavy atom. The zero-order valence-corrected chi connectivity index (χ0v) is 33.4. The van der Waals surface area contributed by atoms with E-state index < -0.39 is 0 Å². The highest BCUT2D eigenvalue weighted by atomic mass is 16.5. The Balaban J connectivity index is 1.13. The Morgan fingerprint density at radius 1 is 0.941 bits per heavy atom. The zero-order valence-electron chi connectivity index (χ0n) is 33.4. The molecule has 51 heavy (non-hydrogen) atoms. The molecule has 0 saturated heterocycles.